The van der Waals surface area contributed by atoms with Gasteiger partial charge >= 0.3 is 5.97 Å². The van der Waals surface area contributed by atoms with Crippen molar-refractivity contribution < 1.29 is 9.53 Å². The van der Waals surface area contributed by atoms with Gasteiger partial charge in [0.2, 0.25) is 0 Å². The zero-order valence-corrected chi connectivity index (χ0v) is 10.7. The fraction of sp³-hybridized carbons (Fsp3) is 0.562. The molecule has 96 valence electrons. The fourth-order valence-electron chi connectivity index (χ4n) is 2.94. The van der Waals surface area contributed by atoms with Crippen molar-refractivity contribution in [2.45, 2.75) is 56.5 Å². The molecule has 0 saturated heterocycles. The summed E-state index contributed by atoms with van der Waals surface area (Å²) in [7, 11) is 0. The molecule has 1 aromatic carbocycles. The molecule has 2 aliphatic rings. The molecule has 0 radical (unpaired) electrons. The molecule has 1 aromatic rings. The van der Waals surface area contributed by atoms with Crippen LogP contribution >= 0.6 is 0 Å². The van der Waals surface area contributed by atoms with Crippen molar-refractivity contribution in [1.82, 2.24) is 0 Å². The minimum Gasteiger partial charge on any atom is -0.462 e. The highest BCUT2D eigenvalue weighted by Crippen LogP contribution is 2.49. The number of benzene rings is 1. The topological polar surface area (TPSA) is 26.3 Å². The first-order chi connectivity index (χ1) is 8.81. The SMILES string of the molecule is O=C(OC1CCCCC1)C1(c2ccccc2)CC1. The predicted molar refractivity (Wildman–Crippen MR) is 70.3 cm³/mol. The summed E-state index contributed by atoms with van der Waals surface area (Å²) in [5.74, 6) is 0.0144. The van der Waals surface area contributed by atoms with Crippen molar-refractivity contribution >= 4 is 5.97 Å². The molecule has 3 rings (SSSR count). The maximum Gasteiger partial charge on any atom is 0.316 e. The number of hydrogen-bond acceptors (Lipinski definition) is 2. The maximum absolute atomic E-state index is 12.4. The van der Waals surface area contributed by atoms with Gasteiger partial charge < -0.3 is 4.74 Å². The van der Waals surface area contributed by atoms with E-state index in [4.69, 9.17) is 4.74 Å². The van der Waals surface area contributed by atoms with Gasteiger partial charge in [0, 0.05) is 0 Å². The number of ether oxygens (including phenoxy) is 1. The van der Waals surface area contributed by atoms with Gasteiger partial charge in [-0.15, -0.1) is 0 Å². The predicted octanol–water partition coefficient (Wildman–Crippen LogP) is 3.59. The molecule has 18 heavy (non-hydrogen) atoms. The van der Waals surface area contributed by atoms with Gasteiger partial charge in [-0.3, -0.25) is 4.79 Å². The Morgan fingerprint density at radius 2 is 1.72 bits per heavy atom. The highest BCUT2D eigenvalue weighted by Gasteiger charge is 2.53. The van der Waals surface area contributed by atoms with E-state index in [9.17, 15) is 4.79 Å². The Labute approximate surface area is 108 Å². The summed E-state index contributed by atoms with van der Waals surface area (Å²) in [5, 5.41) is 0. The normalized spacial score (nSPS) is 22.4. The highest BCUT2D eigenvalue weighted by atomic mass is 16.5. The molecule has 2 saturated carbocycles. The van der Waals surface area contributed by atoms with E-state index in [2.05, 4.69) is 12.1 Å². The Bertz CT molecular complexity index is 414. The zero-order chi connectivity index (χ0) is 12.4. The van der Waals surface area contributed by atoms with Crippen LogP contribution in [0.3, 0.4) is 0 Å². The molecule has 0 bridgehead atoms. The third-order valence-electron chi connectivity index (χ3n) is 4.29. The zero-order valence-electron chi connectivity index (χ0n) is 10.7. The summed E-state index contributed by atoms with van der Waals surface area (Å²) < 4.78 is 5.73. The molecule has 2 fully saturated rings. The highest BCUT2D eigenvalue weighted by molar-refractivity contribution is 5.86. The third-order valence-corrected chi connectivity index (χ3v) is 4.29. The summed E-state index contributed by atoms with van der Waals surface area (Å²) >= 11 is 0. The molecule has 2 nitrogen and oxygen atoms in total. The number of rotatable bonds is 3. The maximum atomic E-state index is 12.4. The van der Waals surface area contributed by atoms with Crippen LogP contribution in [0.4, 0.5) is 0 Å². The Hall–Kier alpha value is -1.31. The smallest absolute Gasteiger partial charge is 0.316 e. The van der Waals surface area contributed by atoms with Crippen molar-refractivity contribution in [1.29, 1.82) is 0 Å². The standard InChI is InChI=1S/C16H20O2/c17-15(18-14-9-5-2-6-10-14)16(11-12-16)13-7-3-1-4-8-13/h1,3-4,7-8,14H,2,5-6,9-12H2. The van der Waals surface area contributed by atoms with Crippen LogP contribution in [-0.2, 0) is 14.9 Å². The van der Waals surface area contributed by atoms with Crippen LogP contribution in [0.1, 0.15) is 50.5 Å². The van der Waals surface area contributed by atoms with E-state index < -0.39 is 0 Å². The van der Waals surface area contributed by atoms with Crippen LogP contribution in [0.25, 0.3) is 0 Å². The molecule has 0 aromatic heterocycles. The van der Waals surface area contributed by atoms with Crippen LogP contribution in [0, 0.1) is 0 Å². The van der Waals surface area contributed by atoms with E-state index in [1.807, 2.05) is 18.2 Å². The van der Waals surface area contributed by atoms with E-state index in [1.54, 1.807) is 0 Å². The van der Waals surface area contributed by atoms with E-state index in [-0.39, 0.29) is 17.5 Å². The summed E-state index contributed by atoms with van der Waals surface area (Å²) in [6.07, 6.45) is 7.87. The Morgan fingerprint density at radius 3 is 2.33 bits per heavy atom. The number of carbonyl (C=O) groups excluding carboxylic acids is 1. The van der Waals surface area contributed by atoms with Gasteiger partial charge in [-0.25, -0.2) is 0 Å². The average Bonchev–Trinajstić information content (AvgIpc) is 3.22. The lowest BCUT2D eigenvalue weighted by Crippen LogP contribution is -2.29. The van der Waals surface area contributed by atoms with Crippen molar-refractivity contribution in [2.75, 3.05) is 0 Å². The van der Waals surface area contributed by atoms with Gasteiger partial charge in [0.25, 0.3) is 0 Å². The van der Waals surface area contributed by atoms with Crippen LogP contribution < -0.4 is 0 Å². The van der Waals surface area contributed by atoms with E-state index >= 15 is 0 Å². The minimum absolute atomic E-state index is 0.0144. The van der Waals surface area contributed by atoms with Gasteiger partial charge in [0.15, 0.2) is 0 Å². The lowest BCUT2D eigenvalue weighted by atomic mass is 9.95. The van der Waals surface area contributed by atoms with Gasteiger partial charge in [0.1, 0.15) is 6.10 Å². The third kappa shape index (κ3) is 2.16. The second-order valence-electron chi connectivity index (χ2n) is 5.61. The lowest BCUT2D eigenvalue weighted by Gasteiger charge is -2.24. The monoisotopic (exact) mass is 244 g/mol. The lowest BCUT2D eigenvalue weighted by molar-refractivity contribution is -0.153. The van der Waals surface area contributed by atoms with Gasteiger partial charge in [-0.05, 0) is 44.1 Å². The molecule has 0 heterocycles. The van der Waals surface area contributed by atoms with Crippen molar-refractivity contribution in [2.24, 2.45) is 0 Å². The van der Waals surface area contributed by atoms with Crippen molar-refractivity contribution in [3.05, 3.63) is 35.9 Å². The first kappa shape index (κ1) is 11.8. The molecule has 2 aliphatic carbocycles. The molecule has 0 aliphatic heterocycles. The first-order valence-electron chi connectivity index (χ1n) is 7.08. The molecule has 2 heteroatoms. The molecule has 0 atom stereocenters. The van der Waals surface area contributed by atoms with Gasteiger partial charge in [-0.2, -0.15) is 0 Å². The Balaban J connectivity index is 1.68. The number of esters is 1. The molecule has 0 amide bonds. The van der Waals surface area contributed by atoms with E-state index in [1.165, 1.54) is 19.3 Å². The largest absolute Gasteiger partial charge is 0.462 e. The quantitative estimate of drug-likeness (QED) is 0.759. The molecule has 0 spiro atoms. The number of carbonyl (C=O) groups is 1. The fourth-order valence-corrected chi connectivity index (χ4v) is 2.94. The van der Waals surface area contributed by atoms with Crippen molar-refractivity contribution in [3.8, 4) is 0 Å². The van der Waals surface area contributed by atoms with Crippen LogP contribution in [0.15, 0.2) is 30.3 Å². The summed E-state index contributed by atoms with van der Waals surface area (Å²) in [6, 6.07) is 10.1. The number of hydrogen-bond donors (Lipinski definition) is 0. The van der Waals surface area contributed by atoms with Gasteiger partial charge in [-0.1, -0.05) is 36.8 Å². The minimum atomic E-state index is -0.307. The molecular formula is C16H20O2. The van der Waals surface area contributed by atoms with E-state index in [0.717, 1.165) is 31.2 Å². The van der Waals surface area contributed by atoms with Crippen LogP contribution in [-0.4, -0.2) is 12.1 Å². The molecule has 0 N–H and O–H groups in total. The Morgan fingerprint density at radius 1 is 1.06 bits per heavy atom. The van der Waals surface area contributed by atoms with Crippen LogP contribution in [0.2, 0.25) is 0 Å². The second kappa shape index (κ2) is 4.75. The first-order valence-corrected chi connectivity index (χ1v) is 7.08. The summed E-state index contributed by atoms with van der Waals surface area (Å²) in [6.45, 7) is 0. The second-order valence-corrected chi connectivity index (χ2v) is 5.61. The van der Waals surface area contributed by atoms with Gasteiger partial charge in [0.05, 0.1) is 5.41 Å². The summed E-state index contributed by atoms with van der Waals surface area (Å²) in [5.41, 5.74) is 0.824. The van der Waals surface area contributed by atoms with E-state index in [0.29, 0.717) is 0 Å². The van der Waals surface area contributed by atoms with Crippen molar-refractivity contribution in [3.63, 3.8) is 0 Å². The summed E-state index contributed by atoms with van der Waals surface area (Å²) in [4.78, 5) is 12.4. The average molecular weight is 244 g/mol. The van der Waals surface area contributed by atoms with Crippen LogP contribution in [0.5, 0.6) is 0 Å². The molecular weight excluding hydrogens is 224 g/mol. The molecule has 0 unspecified atom stereocenters. The Kier molecular flexibility index (Phi) is 3.11.